The summed E-state index contributed by atoms with van der Waals surface area (Å²) in [4.78, 5) is 15.4. The van der Waals surface area contributed by atoms with E-state index in [1.54, 1.807) is 0 Å². The third-order valence-electron chi connectivity index (χ3n) is 11.9. The molecule has 0 bridgehead atoms. The van der Waals surface area contributed by atoms with Crippen molar-refractivity contribution in [1.29, 1.82) is 0 Å². The largest absolute Gasteiger partial charge is 0.455 e. The molecule has 0 aliphatic heterocycles. The van der Waals surface area contributed by atoms with Gasteiger partial charge in [-0.15, -0.1) is 0 Å². The average Bonchev–Trinajstić information content (AvgIpc) is 3.90. The molecule has 1 atom stereocenters. The zero-order valence-corrected chi connectivity index (χ0v) is 31.6. The molecule has 4 heteroatoms. The first-order valence-electron chi connectivity index (χ1n) is 19.6. The van der Waals surface area contributed by atoms with Crippen molar-refractivity contribution in [2.75, 3.05) is 0 Å². The molecule has 6 aromatic carbocycles. The van der Waals surface area contributed by atoms with Crippen LogP contribution in [0.3, 0.4) is 0 Å². The van der Waals surface area contributed by atoms with Crippen molar-refractivity contribution in [3.63, 3.8) is 0 Å². The van der Waals surface area contributed by atoms with Crippen molar-refractivity contribution in [3.8, 4) is 33.9 Å². The van der Waals surface area contributed by atoms with Crippen LogP contribution in [0.4, 0.5) is 0 Å². The molecule has 0 fully saturated rings. The second-order valence-corrected chi connectivity index (χ2v) is 15.0. The Kier molecular flexibility index (Phi) is 7.55. The van der Waals surface area contributed by atoms with Gasteiger partial charge in [0.2, 0.25) is 0 Å². The highest BCUT2D eigenvalue weighted by Gasteiger charge is 2.54. The van der Waals surface area contributed by atoms with E-state index in [1.807, 2.05) is 54.6 Å². The molecule has 2 heterocycles. The first kappa shape index (κ1) is 33.2. The van der Waals surface area contributed by atoms with Crippen LogP contribution in [0.15, 0.2) is 198 Å². The van der Waals surface area contributed by atoms with E-state index in [2.05, 4.69) is 141 Å². The predicted molar refractivity (Wildman–Crippen MR) is 232 cm³/mol. The Labute approximate surface area is 331 Å². The lowest BCUT2D eigenvalue weighted by Gasteiger charge is -2.34. The zero-order chi connectivity index (χ0) is 38.1. The fourth-order valence-electron chi connectivity index (χ4n) is 9.52. The molecule has 1 unspecified atom stereocenters. The number of aromatic nitrogens is 3. The van der Waals surface area contributed by atoms with Crippen molar-refractivity contribution in [2.24, 2.45) is 5.92 Å². The van der Waals surface area contributed by atoms with Gasteiger partial charge in [-0.05, 0) is 69.2 Å². The van der Waals surface area contributed by atoms with Crippen LogP contribution in [-0.2, 0) is 5.41 Å². The molecule has 8 aromatic rings. The molecule has 11 rings (SSSR count). The number of hydrogen-bond acceptors (Lipinski definition) is 4. The quantitative estimate of drug-likeness (QED) is 0.181. The third kappa shape index (κ3) is 4.90. The molecule has 57 heavy (non-hydrogen) atoms. The van der Waals surface area contributed by atoms with Crippen LogP contribution < -0.4 is 0 Å². The molecule has 0 saturated carbocycles. The summed E-state index contributed by atoms with van der Waals surface area (Å²) in [6, 6.07) is 51.5. The van der Waals surface area contributed by atoms with Crippen LogP contribution >= 0.6 is 0 Å². The summed E-state index contributed by atoms with van der Waals surface area (Å²) in [7, 11) is 0. The van der Waals surface area contributed by atoms with Gasteiger partial charge in [0.25, 0.3) is 0 Å². The van der Waals surface area contributed by atoms with Gasteiger partial charge in [-0.3, -0.25) is 0 Å². The van der Waals surface area contributed by atoms with Gasteiger partial charge in [0.1, 0.15) is 11.2 Å². The normalized spacial score (nSPS) is 18.5. The molecular formula is C53H37N3O. The summed E-state index contributed by atoms with van der Waals surface area (Å²) < 4.78 is 6.47. The summed E-state index contributed by atoms with van der Waals surface area (Å²) in [5.74, 6) is 1.87. The maximum absolute atomic E-state index is 6.47. The second kappa shape index (κ2) is 13.0. The minimum absolute atomic E-state index is 0.0410. The van der Waals surface area contributed by atoms with E-state index in [1.165, 1.54) is 50.1 Å². The highest BCUT2D eigenvalue weighted by molar-refractivity contribution is 6.09. The SMILES string of the molecule is C\C=C/C=C1/C(=C2\C=CC(c3nc(-c4ccccc4)nc(-c4cccc5c4oc4ccccc45)n3)=CC2C)C2(c3ccccc31)c1ccccc1-c1ccccc12. The summed E-state index contributed by atoms with van der Waals surface area (Å²) in [5, 5.41) is 2.11. The summed E-state index contributed by atoms with van der Waals surface area (Å²) in [5.41, 5.74) is 15.6. The Hall–Kier alpha value is -7.17. The Morgan fingerprint density at radius 1 is 0.561 bits per heavy atom. The van der Waals surface area contributed by atoms with E-state index in [0.717, 1.165) is 38.6 Å². The van der Waals surface area contributed by atoms with Crippen molar-refractivity contribution in [3.05, 3.63) is 221 Å². The molecule has 3 aliphatic rings. The van der Waals surface area contributed by atoms with Crippen LogP contribution in [0.5, 0.6) is 0 Å². The summed E-state index contributed by atoms with van der Waals surface area (Å²) >= 11 is 0. The molecule has 2 aromatic heterocycles. The Bertz CT molecular complexity index is 3060. The fraction of sp³-hybridized carbons (Fsp3) is 0.0755. The van der Waals surface area contributed by atoms with Crippen LogP contribution in [0.25, 0.3) is 67.0 Å². The average molecular weight is 732 g/mol. The van der Waals surface area contributed by atoms with Crippen LogP contribution in [-0.4, -0.2) is 15.0 Å². The van der Waals surface area contributed by atoms with Gasteiger partial charge in [-0.25, -0.2) is 15.0 Å². The number of nitrogens with zero attached hydrogens (tertiary/aromatic N) is 3. The number of hydrogen-bond donors (Lipinski definition) is 0. The number of benzene rings is 6. The topological polar surface area (TPSA) is 51.8 Å². The molecular weight excluding hydrogens is 695 g/mol. The number of fused-ring (bicyclic) bond motifs is 10. The predicted octanol–water partition coefficient (Wildman–Crippen LogP) is 13.0. The van der Waals surface area contributed by atoms with E-state index in [9.17, 15) is 0 Å². The maximum atomic E-state index is 6.47. The van der Waals surface area contributed by atoms with Gasteiger partial charge in [0.05, 0.1) is 11.0 Å². The molecule has 3 aliphatic carbocycles. The lowest BCUT2D eigenvalue weighted by molar-refractivity contribution is 0.669. The van der Waals surface area contributed by atoms with Crippen molar-refractivity contribution >= 4 is 33.1 Å². The number of furan rings is 1. The van der Waals surface area contributed by atoms with E-state index in [4.69, 9.17) is 19.4 Å². The van der Waals surface area contributed by atoms with Crippen LogP contribution in [0.2, 0.25) is 0 Å². The van der Waals surface area contributed by atoms with Gasteiger partial charge < -0.3 is 4.42 Å². The number of allylic oxidation sites excluding steroid dienone is 10. The van der Waals surface area contributed by atoms with Crippen molar-refractivity contribution in [1.82, 2.24) is 15.0 Å². The zero-order valence-electron chi connectivity index (χ0n) is 31.6. The lowest BCUT2D eigenvalue weighted by atomic mass is 9.67. The minimum Gasteiger partial charge on any atom is -0.455 e. The Morgan fingerprint density at radius 2 is 1.16 bits per heavy atom. The highest BCUT2D eigenvalue weighted by Crippen LogP contribution is 2.65. The van der Waals surface area contributed by atoms with E-state index < -0.39 is 5.41 Å². The fourth-order valence-corrected chi connectivity index (χ4v) is 9.52. The second-order valence-electron chi connectivity index (χ2n) is 15.0. The molecule has 0 amide bonds. The summed E-state index contributed by atoms with van der Waals surface area (Å²) in [6.45, 7) is 4.39. The Balaban J connectivity index is 1.12. The van der Waals surface area contributed by atoms with E-state index >= 15 is 0 Å². The van der Waals surface area contributed by atoms with Crippen molar-refractivity contribution < 1.29 is 4.42 Å². The monoisotopic (exact) mass is 731 g/mol. The van der Waals surface area contributed by atoms with Gasteiger partial charge in [-0.2, -0.15) is 0 Å². The van der Waals surface area contributed by atoms with Gasteiger partial charge in [0.15, 0.2) is 17.5 Å². The van der Waals surface area contributed by atoms with E-state index in [0.29, 0.717) is 17.5 Å². The van der Waals surface area contributed by atoms with Crippen LogP contribution in [0, 0.1) is 5.92 Å². The molecule has 0 saturated heterocycles. The first-order chi connectivity index (χ1) is 28.1. The standard InChI is InChI=1S/C53H37N3O/c1-3-4-19-41-39-22-10-14-28-46(39)53(44-26-12-8-20-37(44)38-21-9-13-27-45(38)53)48(41)36-31-30-35(32-33(36)2)51-54-50(34-17-6-5-7-18-34)55-52(56-51)43-25-16-24-42-40-23-11-15-29-47(40)57-49(42)43/h3-33H,1-2H3/b4-3-,41-19+,48-36-. The third-order valence-corrected chi connectivity index (χ3v) is 11.9. The smallest absolute Gasteiger partial charge is 0.167 e. The molecule has 270 valence electrons. The van der Waals surface area contributed by atoms with Gasteiger partial charge >= 0.3 is 0 Å². The number of para-hydroxylation sites is 2. The molecule has 4 nitrogen and oxygen atoms in total. The van der Waals surface area contributed by atoms with E-state index in [-0.39, 0.29) is 5.92 Å². The van der Waals surface area contributed by atoms with Gasteiger partial charge in [0, 0.05) is 27.8 Å². The lowest BCUT2D eigenvalue weighted by Crippen LogP contribution is -2.28. The van der Waals surface area contributed by atoms with Gasteiger partial charge in [-0.1, -0.05) is 177 Å². The molecule has 0 N–H and O–H groups in total. The number of rotatable bonds is 4. The highest BCUT2D eigenvalue weighted by atomic mass is 16.3. The first-order valence-corrected chi connectivity index (χ1v) is 19.6. The summed E-state index contributed by atoms with van der Waals surface area (Å²) in [6.07, 6.45) is 13.5. The molecule has 1 spiro atoms. The Morgan fingerprint density at radius 3 is 1.89 bits per heavy atom. The maximum Gasteiger partial charge on any atom is 0.167 e. The minimum atomic E-state index is -0.470. The molecule has 0 radical (unpaired) electrons. The van der Waals surface area contributed by atoms with Crippen LogP contribution in [0.1, 0.15) is 41.9 Å². The van der Waals surface area contributed by atoms with Crippen molar-refractivity contribution in [2.45, 2.75) is 19.3 Å².